The quantitative estimate of drug-likeness (QED) is 0.483. The predicted octanol–water partition coefficient (Wildman–Crippen LogP) is 1.29. The number of thiocarbonyl (C=S) groups is 1. The molecular weight excluding hydrogens is 184 g/mol. The minimum Gasteiger partial charge on any atom is -0.380 e. The van der Waals surface area contributed by atoms with E-state index >= 15 is 0 Å². The van der Waals surface area contributed by atoms with Crippen molar-refractivity contribution >= 4 is 17.3 Å². The Balaban J connectivity index is 3.11. The molecule has 0 unspecified atom stereocenters. The van der Waals surface area contributed by atoms with Crippen molar-refractivity contribution in [2.75, 3.05) is 26.3 Å². The molecule has 0 amide bonds. The molecule has 78 valence electrons. The highest BCUT2D eigenvalue weighted by Gasteiger charge is 1.92. The van der Waals surface area contributed by atoms with E-state index in [4.69, 9.17) is 17.0 Å². The first-order valence-corrected chi connectivity index (χ1v) is 5.31. The van der Waals surface area contributed by atoms with Gasteiger partial charge in [0.25, 0.3) is 0 Å². The van der Waals surface area contributed by atoms with E-state index in [1.54, 1.807) is 0 Å². The second kappa shape index (κ2) is 9.74. The summed E-state index contributed by atoms with van der Waals surface area (Å²) < 4.78 is 5.16. The molecule has 0 fully saturated rings. The van der Waals surface area contributed by atoms with E-state index < -0.39 is 0 Å². The molecule has 13 heavy (non-hydrogen) atoms. The monoisotopic (exact) mass is 204 g/mol. The largest absolute Gasteiger partial charge is 0.380 e. The highest BCUT2D eigenvalue weighted by Crippen LogP contribution is 1.82. The van der Waals surface area contributed by atoms with Crippen LogP contribution in [0.5, 0.6) is 0 Å². The lowest BCUT2D eigenvalue weighted by Gasteiger charge is -2.09. The number of unbranched alkanes of at least 4 members (excludes halogenated alkanes) is 1. The standard InChI is InChI=1S/C9H20N2OS/c1-3-5-6-10-9(13)11-7-8-12-4-2/h3-8H2,1-2H3,(H2,10,11,13). The van der Waals surface area contributed by atoms with Gasteiger partial charge in [0, 0.05) is 19.7 Å². The van der Waals surface area contributed by atoms with E-state index in [0.717, 1.165) is 31.2 Å². The Morgan fingerprint density at radius 1 is 1.23 bits per heavy atom. The third-order valence-corrected chi connectivity index (χ3v) is 1.84. The average Bonchev–Trinajstić information content (AvgIpc) is 2.13. The van der Waals surface area contributed by atoms with Gasteiger partial charge in [-0.15, -0.1) is 0 Å². The van der Waals surface area contributed by atoms with Gasteiger partial charge in [0.1, 0.15) is 0 Å². The summed E-state index contributed by atoms with van der Waals surface area (Å²) in [5.74, 6) is 0. The molecule has 0 bridgehead atoms. The molecule has 0 aliphatic rings. The lowest BCUT2D eigenvalue weighted by Crippen LogP contribution is -2.37. The Kier molecular flexibility index (Phi) is 9.47. The second-order valence-electron chi connectivity index (χ2n) is 2.73. The molecule has 0 aliphatic heterocycles. The molecule has 0 atom stereocenters. The van der Waals surface area contributed by atoms with Gasteiger partial charge in [-0.1, -0.05) is 13.3 Å². The van der Waals surface area contributed by atoms with Crippen LogP contribution in [-0.4, -0.2) is 31.4 Å². The zero-order chi connectivity index (χ0) is 9.94. The van der Waals surface area contributed by atoms with Crippen LogP contribution < -0.4 is 10.6 Å². The number of rotatable bonds is 7. The van der Waals surface area contributed by atoms with Crippen LogP contribution in [0.4, 0.5) is 0 Å². The molecule has 0 heterocycles. The molecule has 0 aromatic rings. The first-order chi connectivity index (χ1) is 6.31. The Labute approximate surface area is 86.2 Å². The first-order valence-electron chi connectivity index (χ1n) is 4.90. The van der Waals surface area contributed by atoms with E-state index in [9.17, 15) is 0 Å². The van der Waals surface area contributed by atoms with E-state index in [-0.39, 0.29) is 0 Å². The summed E-state index contributed by atoms with van der Waals surface area (Å²) in [4.78, 5) is 0. The number of hydrogen-bond acceptors (Lipinski definition) is 2. The zero-order valence-corrected chi connectivity index (χ0v) is 9.38. The molecule has 2 N–H and O–H groups in total. The topological polar surface area (TPSA) is 33.3 Å². The van der Waals surface area contributed by atoms with E-state index in [0.29, 0.717) is 6.61 Å². The summed E-state index contributed by atoms with van der Waals surface area (Å²) in [5.41, 5.74) is 0. The van der Waals surface area contributed by atoms with Gasteiger partial charge in [-0.25, -0.2) is 0 Å². The van der Waals surface area contributed by atoms with Gasteiger partial charge in [0.2, 0.25) is 0 Å². The maximum atomic E-state index is 5.16. The van der Waals surface area contributed by atoms with Gasteiger partial charge in [-0.3, -0.25) is 0 Å². The molecule has 0 saturated heterocycles. The maximum Gasteiger partial charge on any atom is 0.166 e. The third-order valence-electron chi connectivity index (χ3n) is 1.55. The van der Waals surface area contributed by atoms with Gasteiger partial charge >= 0.3 is 0 Å². The number of nitrogens with one attached hydrogen (secondary N) is 2. The molecule has 0 aliphatic carbocycles. The number of ether oxygens (including phenoxy) is 1. The van der Waals surface area contributed by atoms with Crippen molar-refractivity contribution < 1.29 is 4.74 Å². The van der Waals surface area contributed by atoms with Crippen molar-refractivity contribution in [1.29, 1.82) is 0 Å². The van der Waals surface area contributed by atoms with Gasteiger partial charge in [-0.2, -0.15) is 0 Å². The summed E-state index contributed by atoms with van der Waals surface area (Å²) in [5, 5.41) is 6.93. The van der Waals surface area contributed by atoms with Crippen LogP contribution in [-0.2, 0) is 4.74 Å². The zero-order valence-electron chi connectivity index (χ0n) is 8.56. The van der Waals surface area contributed by atoms with Gasteiger partial charge in [0.05, 0.1) is 6.61 Å². The Morgan fingerprint density at radius 2 is 1.92 bits per heavy atom. The second-order valence-corrected chi connectivity index (χ2v) is 3.14. The fraction of sp³-hybridized carbons (Fsp3) is 0.889. The predicted molar refractivity (Wildman–Crippen MR) is 60.0 cm³/mol. The normalized spacial score (nSPS) is 9.69. The molecule has 4 heteroatoms. The average molecular weight is 204 g/mol. The lowest BCUT2D eigenvalue weighted by atomic mass is 10.3. The van der Waals surface area contributed by atoms with Crippen LogP contribution in [0.3, 0.4) is 0 Å². The van der Waals surface area contributed by atoms with Crippen LogP contribution in [0.1, 0.15) is 26.7 Å². The van der Waals surface area contributed by atoms with Crippen LogP contribution >= 0.6 is 12.2 Å². The Hall–Kier alpha value is -0.350. The lowest BCUT2D eigenvalue weighted by molar-refractivity contribution is 0.152. The van der Waals surface area contributed by atoms with Gasteiger partial charge in [0.15, 0.2) is 5.11 Å². The van der Waals surface area contributed by atoms with Gasteiger partial charge in [-0.05, 0) is 25.6 Å². The summed E-state index contributed by atoms with van der Waals surface area (Å²) in [6, 6.07) is 0. The van der Waals surface area contributed by atoms with E-state index in [2.05, 4.69) is 17.6 Å². The van der Waals surface area contributed by atoms with Gasteiger partial charge < -0.3 is 15.4 Å². The summed E-state index contributed by atoms with van der Waals surface area (Å²) in [6.07, 6.45) is 2.35. The highest BCUT2D eigenvalue weighted by atomic mass is 32.1. The van der Waals surface area contributed by atoms with Crippen molar-refractivity contribution in [3.8, 4) is 0 Å². The fourth-order valence-corrected chi connectivity index (χ4v) is 1.03. The highest BCUT2D eigenvalue weighted by molar-refractivity contribution is 7.80. The molecule has 0 radical (unpaired) electrons. The minimum absolute atomic E-state index is 0.714. The molecule has 0 aromatic carbocycles. The fourth-order valence-electron chi connectivity index (χ4n) is 0.822. The van der Waals surface area contributed by atoms with Crippen molar-refractivity contribution in [3.05, 3.63) is 0 Å². The van der Waals surface area contributed by atoms with Crippen LogP contribution in [0.25, 0.3) is 0 Å². The van der Waals surface area contributed by atoms with Crippen molar-refractivity contribution in [1.82, 2.24) is 10.6 Å². The number of hydrogen-bond donors (Lipinski definition) is 2. The summed E-state index contributed by atoms with van der Waals surface area (Å²) >= 11 is 5.04. The molecule has 3 nitrogen and oxygen atoms in total. The summed E-state index contributed by atoms with van der Waals surface area (Å²) in [6.45, 7) is 7.36. The maximum absolute atomic E-state index is 5.16. The molecule has 0 rings (SSSR count). The molecule has 0 spiro atoms. The van der Waals surface area contributed by atoms with Crippen LogP contribution in [0, 0.1) is 0 Å². The van der Waals surface area contributed by atoms with Crippen molar-refractivity contribution in [3.63, 3.8) is 0 Å². The summed E-state index contributed by atoms with van der Waals surface area (Å²) in [7, 11) is 0. The van der Waals surface area contributed by atoms with Crippen molar-refractivity contribution in [2.45, 2.75) is 26.7 Å². The Bertz CT molecular complexity index is 131. The SMILES string of the molecule is CCCCNC(=S)NCCOCC. The van der Waals surface area contributed by atoms with Crippen LogP contribution in [0.15, 0.2) is 0 Å². The van der Waals surface area contributed by atoms with E-state index in [1.807, 2.05) is 6.92 Å². The Morgan fingerprint density at radius 3 is 2.54 bits per heavy atom. The van der Waals surface area contributed by atoms with Crippen LogP contribution in [0.2, 0.25) is 0 Å². The molecular formula is C9H20N2OS. The first kappa shape index (κ1) is 12.7. The third kappa shape index (κ3) is 9.56. The smallest absolute Gasteiger partial charge is 0.166 e. The minimum atomic E-state index is 0.714. The van der Waals surface area contributed by atoms with E-state index in [1.165, 1.54) is 6.42 Å². The molecule has 0 saturated carbocycles. The molecule has 0 aromatic heterocycles. The van der Waals surface area contributed by atoms with Crippen molar-refractivity contribution in [2.24, 2.45) is 0 Å².